The summed E-state index contributed by atoms with van der Waals surface area (Å²) in [6, 6.07) is 1.24. The third-order valence-electron chi connectivity index (χ3n) is 3.23. The van der Waals surface area contributed by atoms with Crippen molar-refractivity contribution in [3.8, 4) is 0 Å². The van der Waals surface area contributed by atoms with E-state index in [1.54, 1.807) is 0 Å². The van der Waals surface area contributed by atoms with Gasteiger partial charge >= 0.3 is 0 Å². The molecule has 0 radical (unpaired) electrons. The van der Waals surface area contributed by atoms with Crippen LogP contribution in [0.25, 0.3) is 0 Å². The van der Waals surface area contributed by atoms with Crippen LogP contribution in [0.4, 0.5) is 0 Å². The molecule has 2 unspecified atom stereocenters. The molecule has 0 amide bonds. The lowest BCUT2D eigenvalue weighted by Crippen LogP contribution is -2.45. The van der Waals surface area contributed by atoms with Crippen LogP contribution in [0.2, 0.25) is 0 Å². The van der Waals surface area contributed by atoms with Crippen molar-refractivity contribution in [2.24, 2.45) is 5.92 Å². The van der Waals surface area contributed by atoms with Gasteiger partial charge in [0.2, 0.25) is 0 Å². The number of aliphatic hydroxyl groups excluding tert-OH is 1. The summed E-state index contributed by atoms with van der Waals surface area (Å²) in [5.41, 5.74) is 0. The van der Waals surface area contributed by atoms with Crippen LogP contribution in [0.5, 0.6) is 0 Å². The van der Waals surface area contributed by atoms with Crippen LogP contribution < -0.4 is 10.6 Å². The summed E-state index contributed by atoms with van der Waals surface area (Å²) in [4.78, 5) is 0. The van der Waals surface area contributed by atoms with Gasteiger partial charge in [-0.25, -0.2) is 0 Å². The van der Waals surface area contributed by atoms with Crippen molar-refractivity contribution in [3.05, 3.63) is 0 Å². The molecule has 0 bridgehead atoms. The molecule has 1 heterocycles. The molecular weight excluding hydrogens is 164 g/mol. The number of β-amino-alcohol motifs (C(OH)–C–C–N with tert-alkyl or cyclic N) is 1. The predicted octanol–water partition coefficient (Wildman–Crippen LogP) is 0.0973. The van der Waals surface area contributed by atoms with Crippen molar-refractivity contribution in [3.63, 3.8) is 0 Å². The van der Waals surface area contributed by atoms with Crippen LogP contribution in [0.3, 0.4) is 0 Å². The zero-order valence-corrected chi connectivity index (χ0v) is 8.29. The molecule has 1 saturated carbocycles. The highest BCUT2D eigenvalue weighted by molar-refractivity contribution is 4.87. The smallest absolute Gasteiger partial charge is 0.0680 e. The van der Waals surface area contributed by atoms with Crippen molar-refractivity contribution in [1.29, 1.82) is 0 Å². The normalized spacial score (nSPS) is 44.8. The maximum Gasteiger partial charge on any atom is 0.0680 e. The molecule has 2 rings (SSSR count). The number of hydrogen-bond donors (Lipinski definition) is 3. The molecule has 0 aromatic carbocycles. The first kappa shape index (κ1) is 9.44. The highest BCUT2D eigenvalue weighted by Gasteiger charge is 2.27. The van der Waals surface area contributed by atoms with Crippen molar-refractivity contribution in [2.75, 3.05) is 13.1 Å². The van der Waals surface area contributed by atoms with E-state index in [0.29, 0.717) is 6.04 Å². The minimum Gasteiger partial charge on any atom is -0.392 e. The summed E-state index contributed by atoms with van der Waals surface area (Å²) < 4.78 is 0. The first-order valence-electron chi connectivity index (χ1n) is 5.39. The van der Waals surface area contributed by atoms with Crippen molar-refractivity contribution < 1.29 is 5.11 Å². The SMILES string of the molecule is CC1CC(NCC2CC(O)CN2)C1. The van der Waals surface area contributed by atoms with E-state index in [9.17, 15) is 5.11 Å². The standard InChI is InChI=1S/C10H20N2O/c1-7-2-8(3-7)11-5-9-4-10(13)6-12-9/h7-13H,2-6H2,1H3. The summed E-state index contributed by atoms with van der Waals surface area (Å²) in [5.74, 6) is 0.916. The topological polar surface area (TPSA) is 44.3 Å². The third kappa shape index (κ3) is 2.42. The van der Waals surface area contributed by atoms with E-state index in [2.05, 4.69) is 17.6 Å². The minimum atomic E-state index is -0.118. The highest BCUT2D eigenvalue weighted by atomic mass is 16.3. The van der Waals surface area contributed by atoms with E-state index in [-0.39, 0.29) is 6.10 Å². The zero-order valence-electron chi connectivity index (χ0n) is 8.29. The van der Waals surface area contributed by atoms with E-state index < -0.39 is 0 Å². The lowest BCUT2D eigenvalue weighted by atomic mass is 9.82. The highest BCUT2D eigenvalue weighted by Crippen LogP contribution is 2.26. The minimum absolute atomic E-state index is 0.118. The van der Waals surface area contributed by atoms with Gasteiger partial charge in [0, 0.05) is 25.2 Å². The van der Waals surface area contributed by atoms with E-state index in [1.165, 1.54) is 12.8 Å². The molecule has 0 aromatic rings. The Hall–Kier alpha value is -0.120. The molecule has 76 valence electrons. The van der Waals surface area contributed by atoms with Crippen molar-refractivity contribution in [1.82, 2.24) is 10.6 Å². The van der Waals surface area contributed by atoms with E-state index in [0.717, 1.165) is 31.5 Å². The van der Waals surface area contributed by atoms with Crippen LogP contribution in [-0.2, 0) is 0 Å². The second kappa shape index (κ2) is 3.95. The average Bonchev–Trinajstić information content (AvgIpc) is 2.43. The van der Waals surface area contributed by atoms with Gasteiger partial charge in [0.15, 0.2) is 0 Å². The molecule has 1 aliphatic carbocycles. The van der Waals surface area contributed by atoms with Gasteiger partial charge in [-0.15, -0.1) is 0 Å². The quantitative estimate of drug-likeness (QED) is 0.583. The Kier molecular flexibility index (Phi) is 2.86. The fourth-order valence-corrected chi connectivity index (χ4v) is 2.33. The second-order valence-corrected chi connectivity index (χ2v) is 4.68. The Bertz CT molecular complexity index is 168. The number of aliphatic hydroxyl groups is 1. The predicted molar refractivity (Wildman–Crippen MR) is 52.6 cm³/mol. The third-order valence-corrected chi connectivity index (χ3v) is 3.23. The van der Waals surface area contributed by atoms with Gasteiger partial charge in [0.05, 0.1) is 6.10 Å². The number of nitrogens with one attached hydrogen (secondary N) is 2. The molecule has 1 saturated heterocycles. The second-order valence-electron chi connectivity index (χ2n) is 4.68. The van der Waals surface area contributed by atoms with E-state index in [4.69, 9.17) is 0 Å². The Labute approximate surface area is 79.9 Å². The number of rotatable bonds is 3. The molecule has 3 nitrogen and oxygen atoms in total. The summed E-state index contributed by atoms with van der Waals surface area (Å²) in [5, 5.41) is 16.1. The molecule has 0 spiro atoms. The van der Waals surface area contributed by atoms with Crippen LogP contribution >= 0.6 is 0 Å². The summed E-state index contributed by atoms with van der Waals surface area (Å²) in [6.07, 6.45) is 3.45. The molecule has 0 aromatic heterocycles. The van der Waals surface area contributed by atoms with Gasteiger partial charge in [-0.05, 0) is 25.2 Å². The lowest BCUT2D eigenvalue weighted by Gasteiger charge is -2.34. The number of hydrogen-bond acceptors (Lipinski definition) is 3. The molecular formula is C10H20N2O. The van der Waals surface area contributed by atoms with Crippen molar-refractivity contribution in [2.45, 2.75) is 44.4 Å². The molecule has 2 aliphatic rings. The molecule has 13 heavy (non-hydrogen) atoms. The van der Waals surface area contributed by atoms with Crippen LogP contribution in [0.15, 0.2) is 0 Å². The van der Waals surface area contributed by atoms with E-state index in [1.807, 2.05) is 0 Å². The fraction of sp³-hybridized carbons (Fsp3) is 1.00. The molecule has 2 atom stereocenters. The average molecular weight is 184 g/mol. The van der Waals surface area contributed by atoms with E-state index >= 15 is 0 Å². The molecule has 3 heteroatoms. The fourth-order valence-electron chi connectivity index (χ4n) is 2.33. The van der Waals surface area contributed by atoms with Gasteiger partial charge in [-0.2, -0.15) is 0 Å². The van der Waals surface area contributed by atoms with Crippen LogP contribution in [-0.4, -0.2) is 36.4 Å². The Balaban J connectivity index is 1.58. The van der Waals surface area contributed by atoms with Gasteiger partial charge in [0.1, 0.15) is 0 Å². The maximum atomic E-state index is 9.29. The Morgan fingerprint density at radius 3 is 2.69 bits per heavy atom. The maximum absolute atomic E-state index is 9.29. The van der Waals surface area contributed by atoms with Crippen molar-refractivity contribution >= 4 is 0 Å². The first-order valence-corrected chi connectivity index (χ1v) is 5.39. The van der Waals surface area contributed by atoms with Crippen LogP contribution in [0, 0.1) is 5.92 Å². The largest absolute Gasteiger partial charge is 0.392 e. The first-order chi connectivity index (χ1) is 6.24. The summed E-state index contributed by atoms with van der Waals surface area (Å²) in [6.45, 7) is 4.09. The Morgan fingerprint density at radius 1 is 1.38 bits per heavy atom. The van der Waals surface area contributed by atoms with Gasteiger partial charge in [-0.3, -0.25) is 0 Å². The molecule has 1 aliphatic heterocycles. The zero-order chi connectivity index (χ0) is 9.26. The molecule has 2 fully saturated rings. The summed E-state index contributed by atoms with van der Waals surface area (Å²) >= 11 is 0. The van der Waals surface area contributed by atoms with Crippen LogP contribution in [0.1, 0.15) is 26.2 Å². The van der Waals surface area contributed by atoms with Gasteiger partial charge < -0.3 is 15.7 Å². The van der Waals surface area contributed by atoms with Gasteiger partial charge in [-0.1, -0.05) is 6.92 Å². The Morgan fingerprint density at radius 2 is 2.15 bits per heavy atom. The summed E-state index contributed by atoms with van der Waals surface area (Å²) in [7, 11) is 0. The molecule has 3 N–H and O–H groups in total. The lowest BCUT2D eigenvalue weighted by molar-refractivity contribution is 0.190. The monoisotopic (exact) mass is 184 g/mol. The van der Waals surface area contributed by atoms with Gasteiger partial charge in [0.25, 0.3) is 0 Å².